The quantitative estimate of drug-likeness (QED) is 0.745. The first-order chi connectivity index (χ1) is 9.61. The van der Waals surface area contributed by atoms with Gasteiger partial charge in [0.15, 0.2) is 0 Å². The summed E-state index contributed by atoms with van der Waals surface area (Å²) in [5.74, 6) is 0.721. The Morgan fingerprint density at radius 2 is 1.85 bits per heavy atom. The number of amides is 1. The molecule has 3 rings (SSSR count). The van der Waals surface area contributed by atoms with Crippen molar-refractivity contribution in [1.82, 2.24) is 9.97 Å². The van der Waals surface area contributed by atoms with Crippen molar-refractivity contribution in [2.45, 2.75) is 13.8 Å². The van der Waals surface area contributed by atoms with Crippen molar-refractivity contribution < 1.29 is 4.79 Å². The number of benzene rings is 2. The van der Waals surface area contributed by atoms with Gasteiger partial charge in [-0.25, -0.2) is 4.98 Å². The summed E-state index contributed by atoms with van der Waals surface area (Å²) < 4.78 is 0. The van der Waals surface area contributed by atoms with E-state index in [0.29, 0.717) is 5.56 Å². The standard InChI is InChI=1S/C16H15N3O/c1-10-3-6-13(7-4-10)19-16(20)12-5-8-14-15(9-12)18-11(2)17-14/h3-9H,1-2H3,(H,17,18)(H,19,20). The van der Waals surface area contributed by atoms with Gasteiger partial charge < -0.3 is 10.3 Å². The molecule has 2 N–H and O–H groups in total. The Morgan fingerprint density at radius 3 is 2.60 bits per heavy atom. The summed E-state index contributed by atoms with van der Waals surface area (Å²) in [6.07, 6.45) is 0. The third kappa shape index (κ3) is 2.40. The van der Waals surface area contributed by atoms with Crippen LogP contribution in [0.25, 0.3) is 11.0 Å². The maximum Gasteiger partial charge on any atom is 0.255 e. The molecule has 0 saturated heterocycles. The van der Waals surface area contributed by atoms with Crippen molar-refractivity contribution in [3.8, 4) is 0 Å². The monoisotopic (exact) mass is 265 g/mol. The number of imidazole rings is 1. The molecule has 100 valence electrons. The third-order valence-corrected chi connectivity index (χ3v) is 3.17. The molecule has 0 atom stereocenters. The molecule has 0 fully saturated rings. The Balaban J connectivity index is 1.86. The van der Waals surface area contributed by atoms with Gasteiger partial charge in [-0.2, -0.15) is 0 Å². The summed E-state index contributed by atoms with van der Waals surface area (Å²) in [6.45, 7) is 3.91. The summed E-state index contributed by atoms with van der Waals surface area (Å²) in [7, 11) is 0. The Bertz CT molecular complexity index is 772. The van der Waals surface area contributed by atoms with E-state index in [9.17, 15) is 4.79 Å². The highest BCUT2D eigenvalue weighted by molar-refractivity contribution is 6.05. The second-order valence-electron chi connectivity index (χ2n) is 4.87. The molecule has 0 bridgehead atoms. The van der Waals surface area contributed by atoms with Crippen molar-refractivity contribution in [2.75, 3.05) is 5.32 Å². The van der Waals surface area contributed by atoms with Crippen LogP contribution in [-0.4, -0.2) is 15.9 Å². The van der Waals surface area contributed by atoms with E-state index < -0.39 is 0 Å². The van der Waals surface area contributed by atoms with Crippen LogP contribution >= 0.6 is 0 Å². The molecule has 0 unspecified atom stereocenters. The van der Waals surface area contributed by atoms with Crippen molar-refractivity contribution in [3.05, 3.63) is 59.4 Å². The summed E-state index contributed by atoms with van der Waals surface area (Å²) >= 11 is 0. The number of carbonyl (C=O) groups is 1. The van der Waals surface area contributed by atoms with Gasteiger partial charge >= 0.3 is 0 Å². The molecule has 3 aromatic rings. The number of aryl methyl sites for hydroxylation is 2. The van der Waals surface area contributed by atoms with Crippen LogP contribution in [-0.2, 0) is 0 Å². The number of anilines is 1. The minimum atomic E-state index is -0.122. The lowest BCUT2D eigenvalue weighted by Gasteiger charge is -2.05. The van der Waals surface area contributed by atoms with Crippen LogP contribution < -0.4 is 5.32 Å². The zero-order chi connectivity index (χ0) is 14.1. The van der Waals surface area contributed by atoms with Crippen LogP contribution in [0.5, 0.6) is 0 Å². The van der Waals surface area contributed by atoms with Gasteiger partial charge in [-0.05, 0) is 44.2 Å². The molecule has 4 heteroatoms. The molecule has 0 aliphatic carbocycles. The molecule has 0 radical (unpaired) electrons. The zero-order valence-electron chi connectivity index (χ0n) is 11.4. The fourth-order valence-electron chi connectivity index (χ4n) is 2.12. The number of carbonyl (C=O) groups excluding carboxylic acids is 1. The molecule has 0 spiro atoms. The van der Waals surface area contributed by atoms with E-state index in [1.54, 1.807) is 6.07 Å². The number of nitrogens with zero attached hydrogens (tertiary/aromatic N) is 1. The van der Waals surface area contributed by atoms with Crippen LogP contribution in [0.15, 0.2) is 42.5 Å². The van der Waals surface area contributed by atoms with Crippen LogP contribution in [0.4, 0.5) is 5.69 Å². The number of hydrogen-bond acceptors (Lipinski definition) is 2. The number of fused-ring (bicyclic) bond motifs is 1. The number of aromatic amines is 1. The highest BCUT2D eigenvalue weighted by Crippen LogP contribution is 2.15. The third-order valence-electron chi connectivity index (χ3n) is 3.17. The van der Waals surface area contributed by atoms with E-state index in [2.05, 4.69) is 15.3 Å². The fraction of sp³-hybridized carbons (Fsp3) is 0.125. The molecular formula is C16H15N3O. The summed E-state index contributed by atoms with van der Waals surface area (Å²) in [4.78, 5) is 19.7. The van der Waals surface area contributed by atoms with E-state index in [4.69, 9.17) is 0 Å². The topological polar surface area (TPSA) is 57.8 Å². The van der Waals surface area contributed by atoms with Crippen LogP contribution in [0.1, 0.15) is 21.7 Å². The first-order valence-electron chi connectivity index (χ1n) is 6.46. The number of hydrogen-bond donors (Lipinski definition) is 2. The fourth-order valence-corrected chi connectivity index (χ4v) is 2.12. The first kappa shape index (κ1) is 12.4. The molecule has 2 aromatic carbocycles. The van der Waals surface area contributed by atoms with E-state index in [-0.39, 0.29) is 5.91 Å². The number of aromatic nitrogens is 2. The van der Waals surface area contributed by atoms with Crippen LogP contribution in [0.3, 0.4) is 0 Å². The summed E-state index contributed by atoms with van der Waals surface area (Å²) in [6, 6.07) is 13.2. The highest BCUT2D eigenvalue weighted by atomic mass is 16.1. The van der Waals surface area contributed by atoms with Gasteiger partial charge in [0, 0.05) is 11.3 Å². The van der Waals surface area contributed by atoms with Gasteiger partial charge in [-0.1, -0.05) is 17.7 Å². The molecule has 4 nitrogen and oxygen atoms in total. The van der Waals surface area contributed by atoms with Crippen molar-refractivity contribution in [1.29, 1.82) is 0 Å². The van der Waals surface area contributed by atoms with Gasteiger partial charge in [-0.15, -0.1) is 0 Å². The number of nitrogens with one attached hydrogen (secondary N) is 2. The Kier molecular flexibility index (Phi) is 2.99. The lowest BCUT2D eigenvalue weighted by Crippen LogP contribution is -2.11. The molecule has 1 aromatic heterocycles. The van der Waals surface area contributed by atoms with Crippen LogP contribution in [0, 0.1) is 13.8 Å². The van der Waals surface area contributed by atoms with Gasteiger partial charge in [0.25, 0.3) is 5.91 Å². The van der Waals surface area contributed by atoms with Gasteiger partial charge in [0.05, 0.1) is 11.0 Å². The Hall–Kier alpha value is -2.62. The second kappa shape index (κ2) is 4.81. The normalized spacial score (nSPS) is 10.7. The van der Waals surface area contributed by atoms with E-state index in [1.807, 2.05) is 50.2 Å². The van der Waals surface area contributed by atoms with E-state index >= 15 is 0 Å². The molecule has 0 saturated carbocycles. The lowest BCUT2D eigenvalue weighted by molar-refractivity contribution is 0.102. The van der Waals surface area contributed by atoms with Crippen molar-refractivity contribution in [3.63, 3.8) is 0 Å². The molecule has 1 heterocycles. The first-order valence-corrected chi connectivity index (χ1v) is 6.46. The van der Waals surface area contributed by atoms with E-state index in [0.717, 1.165) is 28.1 Å². The maximum absolute atomic E-state index is 12.2. The number of H-pyrrole nitrogens is 1. The number of rotatable bonds is 2. The van der Waals surface area contributed by atoms with Gasteiger partial charge in [0.1, 0.15) is 5.82 Å². The van der Waals surface area contributed by atoms with Crippen molar-refractivity contribution in [2.24, 2.45) is 0 Å². The van der Waals surface area contributed by atoms with Crippen molar-refractivity contribution >= 4 is 22.6 Å². The summed E-state index contributed by atoms with van der Waals surface area (Å²) in [5, 5.41) is 2.88. The molecule has 0 aliphatic rings. The second-order valence-corrected chi connectivity index (χ2v) is 4.87. The summed E-state index contributed by atoms with van der Waals surface area (Å²) in [5.41, 5.74) is 4.31. The van der Waals surface area contributed by atoms with E-state index in [1.165, 1.54) is 0 Å². The maximum atomic E-state index is 12.2. The minimum Gasteiger partial charge on any atom is -0.342 e. The highest BCUT2D eigenvalue weighted by Gasteiger charge is 2.08. The predicted octanol–water partition coefficient (Wildman–Crippen LogP) is 3.43. The minimum absolute atomic E-state index is 0.122. The average molecular weight is 265 g/mol. The molecule has 0 aliphatic heterocycles. The van der Waals surface area contributed by atoms with Gasteiger partial charge in [-0.3, -0.25) is 4.79 Å². The Labute approximate surface area is 116 Å². The zero-order valence-corrected chi connectivity index (χ0v) is 11.4. The molecule has 20 heavy (non-hydrogen) atoms. The smallest absolute Gasteiger partial charge is 0.255 e. The predicted molar refractivity (Wildman–Crippen MR) is 80.0 cm³/mol. The molecular weight excluding hydrogens is 250 g/mol. The van der Waals surface area contributed by atoms with Gasteiger partial charge in [0.2, 0.25) is 0 Å². The Morgan fingerprint density at radius 1 is 1.10 bits per heavy atom. The largest absolute Gasteiger partial charge is 0.342 e. The lowest BCUT2D eigenvalue weighted by atomic mass is 10.1. The molecule has 1 amide bonds. The van der Waals surface area contributed by atoms with Crippen LogP contribution in [0.2, 0.25) is 0 Å². The average Bonchev–Trinajstić information content (AvgIpc) is 2.80. The SMILES string of the molecule is Cc1ccc(NC(=O)c2ccc3nc(C)[nH]c3c2)cc1.